The molecule has 0 atom stereocenters. The van der Waals surface area contributed by atoms with Crippen molar-refractivity contribution in [3.63, 3.8) is 0 Å². The lowest BCUT2D eigenvalue weighted by Gasteiger charge is -2.11. The summed E-state index contributed by atoms with van der Waals surface area (Å²) in [4.78, 5) is 36.3. The number of hydrogen-bond acceptors (Lipinski definition) is 5. The van der Waals surface area contributed by atoms with Crippen LogP contribution < -0.4 is 20.8 Å². The van der Waals surface area contributed by atoms with Crippen molar-refractivity contribution < 1.29 is 19.1 Å². The lowest BCUT2D eigenvalue weighted by Crippen LogP contribution is -2.38. The number of halogens is 1. The normalized spacial score (nSPS) is 10.6. The van der Waals surface area contributed by atoms with Crippen molar-refractivity contribution in [2.45, 2.75) is 13.3 Å². The lowest BCUT2D eigenvalue weighted by molar-refractivity contribution is -0.139. The Morgan fingerprint density at radius 3 is 2.49 bits per heavy atom. The first kappa shape index (κ1) is 25.6. The average molecular weight is 537 g/mol. The number of nitrogens with one attached hydrogen (secondary N) is 3. The molecular weight excluding hydrogens is 512 g/mol. The predicted octanol–water partition coefficient (Wildman–Crippen LogP) is 3.58. The summed E-state index contributed by atoms with van der Waals surface area (Å²) in [6.07, 6.45) is 1.95. The van der Waals surface area contributed by atoms with Crippen molar-refractivity contribution >= 4 is 45.6 Å². The van der Waals surface area contributed by atoms with Crippen molar-refractivity contribution in [2.75, 3.05) is 18.5 Å². The number of amides is 3. The fourth-order valence-corrected chi connectivity index (χ4v) is 3.43. The summed E-state index contributed by atoms with van der Waals surface area (Å²) >= 11 is 3.37. The third kappa shape index (κ3) is 8.38. The molecule has 0 fully saturated rings. The van der Waals surface area contributed by atoms with Gasteiger partial charge in [-0.15, -0.1) is 0 Å². The molecule has 35 heavy (non-hydrogen) atoms. The molecule has 0 unspecified atom stereocenters. The third-order valence-corrected chi connectivity index (χ3v) is 5.36. The number of hydrazone groups is 1. The van der Waals surface area contributed by atoms with E-state index in [1.54, 1.807) is 18.2 Å². The van der Waals surface area contributed by atoms with Crippen molar-refractivity contribution in [3.05, 3.63) is 94.0 Å². The van der Waals surface area contributed by atoms with Crippen LogP contribution in [-0.2, 0) is 20.8 Å². The van der Waals surface area contributed by atoms with Gasteiger partial charge in [0.05, 0.1) is 6.21 Å². The van der Waals surface area contributed by atoms with Crippen LogP contribution in [0.2, 0.25) is 0 Å². The smallest absolute Gasteiger partial charge is 0.329 e. The van der Waals surface area contributed by atoms with Crippen LogP contribution in [0.1, 0.15) is 16.7 Å². The van der Waals surface area contributed by atoms with E-state index in [-0.39, 0.29) is 12.5 Å². The summed E-state index contributed by atoms with van der Waals surface area (Å²) in [5, 5.41) is 9.21. The number of carbonyl (C=O) groups excluding carboxylic acids is 3. The summed E-state index contributed by atoms with van der Waals surface area (Å²) in [5.41, 5.74) is 5.42. The third-order valence-electron chi connectivity index (χ3n) is 4.87. The number of aryl methyl sites for hydroxylation is 1. The first-order valence-corrected chi connectivity index (χ1v) is 11.6. The van der Waals surface area contributed by atoms with Gasteiger partial charge in [-0.3, -0.25) is 14.4 Å². The Kier molecular flexibility index (Phi) is 9.56. The largest absolute Gasteiger partial charge is 0.483 e. The molecule has 3 rings (SSSR count). The summed E-state index contributed by atoms with van der Waals surface area (Å²) in [6, 6.07) is 22.2. The van der Waals surface area contributed by atoms with Crippen LogP contribution in [0.5, 0.6) is 5.75 Å². The second-order valence-corrected chi connectivity index (χ2v) is 8.44. The highest BCUT2D eigenvalue weighted by Crippen LogP contribution is 2.22. The Hall–Kier alpha value is -3.98. The SMILES string of the molecule is Cc1ccccc1NC(=O)COc1ccc(Br)cc1/C=N\NC(=O)C(=O)NCCc1ccccc1. The van der Waals surface area contributed by atoms with E-state index in [1.807, 2.05) is 61.5 Å². The van der Waals surface area contributed by atoms with Gasteiger partial charge in [-0.25, -0.2) is 5.43 Å². The zero-order valence-electron chi connectivity index (χ0n) is 19.1. The highest BCUT2D eigenvalue weighted by Gasteiger charge is 2.12. The summed E-state index contributed by atoms with van der Waals surface area (Å²) in [5.74, 6) is -1.59. The number of rotatable bonds is 9. The number of para-hydroxylation sites is 1. The van der Waals surface area contributed by atoms with Crippen molar-refractivity contribution in [1.29, 1.82) is 0 Å². The van der Waals surface area contributed by atoms with Crippen molar-refractivity contribution in [2.24, 2.45) is 5.10 Å². The van der Waals surface area contributed by atoms with Crippen LogP contribution in [0.15, 0.2) is 82.4 Å². The van der Waals surface area contributed by atoms with Gasteiger partial charge in [0.15, 0.2) is 6.61 Å². The molecule has 0 aromatic heterocycles. The molecule has 0 spiro atoms. The molecule has 0 saturated heterocycles. The van der Waals surface area contributed by atoms with E-state index >= 15 is 0 Å². The molecule has 8 nitrogen and oxygen atoms in total. The molecule has 0 heterocycles. The second-order valence-electron chi connectivity index (χ2n) is 7.52. The monoisotopic (exact) mass is 536 g/mol. The molecule has 0 aliphatic carbocycles. The Balaban J connectivity index is 1.50. The standard InChI is InChI=1S/C26H25BrN4O4/c1-18-7-5-6-10-22(18)30-24(32)17-35-23-12-11-21(27)15-20(23)16-29-31-26(34)25(33)28-14-13-19-8-3-2-4-9-19/h2-12,15-16H,13-14,17H2,1H3,(H,28,33)(H,30,32)(H,31,34)/b29-16-. The molecule has 0 aliphatic heterocycles. The van der Waals surface area contributed by atoms with Gasteiger partial charge in [0.1, 0.15) is 5.75 Å². The van der Waals surface area contributed by atoms with Crippen LogP contribution in [0, 0.1) is 6.92 Å². The predicted molar refractivity (Wildman–Crippen MR) is 138 cm³/mol. The quantitative estimate of drug-likeness (QED) is 0.220. The zero-order valence-corrected chi connectivity index (χ0v) is 20.7. The minimum absolute atomic E-state index is 0.215. The summed E-state index contributed by atoms with van der Waals surface area (Å²) in [6.45, 7) is 2.01. The zero-order chi connectivity index (χ0) is 25.0. The number of hydrogen-bond donors (Lipinski definition) is 3. The van der Waals surface area contributed by atoms with E-state index in [1.165, 1.54) is 6.21 Å². The maximum atomic E-state index is 12.3. The number of benzene rings is 3. The van der Waals surface area contributed by atoms with E-state index in [4.69, 9.17) is 4.74 Å². The van der Waals surface area contributed by atoms with E-state index in [0.717, 1.165) is 15.6 Å². The Labute approximate surface area is 211 Å². The van der Waals surface area contributed by atoms with Crippen LogP contribution in [0.25, 0.3) is 0 Å². The number of carbonyl (C=O) groups is 3. The number of ether oxygens (including phenoxy) is 1. The summed E-state index contributed by atoms with van der Waals surface area (Å²) < 4.78 is 6.40. The minimum Gasteiger partial charge on any atom is -0.483 e. The molecule has 3 aromatic rings. The van der Waals surface area contributed by atoms with E-state index in [9.17, 15) is 14.4 Å². The van der Waals surface area contributed by atoms with E-state index < -0.39 is 11.8 Å². The molecule has 3 N–H and O–H groups in total. The first-order chi connectivity index (χ1) is 16.9. The highest BCUT2D eigenvalue weighted by atomic mass is 79.9. The lowest BCUT2D eigenvalue weighted by atomic mass is 10.1. The Morgan fingerprint density at radius 2 is 1.71 bits per heavy atom. The van der Waals surface area contributed by atoms with Gasteiger partial charge in [-0.2, -0.15) is 5.10 Å². The molecule has 180 valence electrons. The highest BCUT2D eigenvalue weighted by molar-refractivity contribution is 9.10. The number of nitrogens with zero attached hydrogens (tertiary/aromatic N) is 1. The maximum absolute atomic E-state index is 12.3. The minimum atomic E-state index is -0.885. The fourth-order valence-electron chi connectivity index (χ4n) is 3.05. The van der Waals surface area contributed by atoms with Gasteiger partial charge in [0, 0.05) is 22.3 Å². The van der Waals surface area contributed by atoms with Gasteiger partial charge < -0.3 is 15.4 Å². The van der Waals surface area contributed by atoms with Gasteiger partial charge in [0.25, 0.3) is 5.91 Å². The topological polar surface area (TPSA) is 109 Å². The van der Waals surface area contributed by atoms with Gasteiger partial charge in [-0.1, -0.05) is 64.5 Å². The van der Waals surface area contributed by atoms with Crippen LogP contribution in [0.4, 0.5) is 5.69 Å². The van der Waals surface area contributed by atoms with Crippen LogP contribution in [-0.4, -0.2) is 37.1 Å². The van der Waals surface area contributed by atoms with Crippen molar-refractivity contribution in [1.82, 2.24) is 10.7 Å². The van der Waals surface area contributed by atoms with Crippen LogP contribution >= 0.6 is 15.9 Å². The van der Waals surface area contributed by atoms with Gasteiger partial charge >= 0.3 is 11.8 Å². The molecular formula is C26H25BrN4O4. The maximum Gasteiger partial charge on any atom is 0.329 e. The Bertz CT molecular complexity index is 1210. The molecule has 0 saturated carbocycles. The van der Waals surface area contributed by atoms with Gasteiger partial charge in [0.2, 0.25) is 0 Å². The molecule has 9 heteroatoms. The van der Waals surface area contributed by atoms with E-state index in [0.29, 0.717) is 30.0 Å². The molecule has 0 bridgehead atoms. The van der Waals surface area contributed by atoms with Crippen LogP contribution in [0.3, 0.4) is 0 Å². The van der Waals surface area contributed by atoms with Gasteiger partial charge in [-0.05, 0) is 48.7 Å². The molecule has 0 aliphatic rings. The fraction of sp³-hybridized carbons (Fsp3) is 0.154. The first-order valence-electron chi connectivity index (χ1n) is 10.9. The van der Waals surface area contributed by atoms with E-state index in [2.05, 4.69) is 37.1 Å². The summed E-state index contributed by atoms with van der Waals surface area (Å²) in [7, 11) is 0. The molecule has 3 amide bonds. The Morgan fingerprint density at radius 1 is 0.971 bits per heavy atom. The number of anilines is 1. The molecule has 3 aromatic carbocycles. The molecule has 0 radical (unpaired) electrons. The average Bonchev–Trinajstić information content (AvgIpc) is 2.85. The second kappa shape index (κ2) is 13.0. The van der Waals surface area contributed by atoms with Crippen molar-refractivity contribution in [3.8, 4) is 5.75 Å².